The van der Waals surface area contributed by atoms with E-state index in [-0.39, 0.29) is 6.61 Å². The first kappa shape index (κ1) is 17.7. The molecule has 1 aromatic rings. The van der Waals surface area contributed by atoms with Gasteiger partial charge in [-0.15, -0.1) is 0 Å². The molecule has 1 atom stereocenters. The molecule has 4 heteroatoms. The first-order chi connectivity index (χ1) is 11.6. The van der Waals surface area contributed by atoms with Crippen LogP contribution in [0.5, 0.6) is 5.75 Å². The molecule has 2 fully saturated rings. The van der Waals surface area contributed by atoms with Crippen molar-refractivity contribution >= 4 is 0 Å². The zero-order chi connectivity index (χ0) is 17.1. The van der Waals surface area contributed by atoms with Gasteiger partial charge in [-0.1, -0.05) is 6.07 Å². The number of ether oxygens (including phenoxy) is 1. The highest BCUT2D eigenvalue weighted by Crippen LogP contribution is 2.31. The maximum absolute atomic E-state index is 9.49. The fourth-order valence-electron chi connectivity index (χ4n) is 3.88. The van der Waals surface area contributed by atoms with Crippen molar-refractivity contribution < 1.29 is 9.84 Å². The molecule has 0 spiro atoms. The zero-order valence-corrected chi connectivity index (χ0v) is 15.4. The number of hydrogen-bond acceptors (Lipinski definition) is 4. The van der Waals surface area contributed by atoms with Crippen LogP contribution in [0.25, 0.3) is 0 Å². The van der Waals surface area contributed by atoms with Crippen molar-refractivity contribution in [1.82, 2.24) is 9.80 Å². The summed E-state index contributed by atoms with van der Waals surface area (Å²) in [7, 11) is 1.73. The van der Waals surface area contributed by atoms with Crippen LogP contribution < -0.4 is 4.74 Å². The summed E-state index contributed by atoms with van der Waals surface area (Å²) in [5.74, 6) is 1.91. The lowest BCUT2D eigenvalue weighted by Crippen LogP contribution is -2.53. The molecule has 1 aliphatic heterocycles. The molecule has 0 aromatic heterocycles. The first-order valence-corrected chi connectivity index (χ1v) is 9.32. The van der Waals surface area contributed by atoms with Gasteiger partial charge in [-0.2, -0.15) is 0 Å². The van der Waals surface area contributed by atoms with Gasteiger partial charge in [-0.3, -0.25) is 4.90 Å². The van der Waals surface area contributed by atoms with E-state index in [0.717, 1.165) is 44.3 Å². The lowest BCUT2D eigenvalue weighted by molar-refractivity contribution is 0.0514. The Morgan fingerprint density at radius 3 is 2.62 bits per heavy atom. The van der Waals surface area contributed by atoms with Crippen molar-refractivity contribution in [2.75, 3.05) is 39.9 Å². The second-order valence-electron chi connectivity index (χ2n) is 7.52. The predicted molar refractivity (Wildman–Crippen MR) is 97.5 cm³/mol. The molecule has 0 unspecified atom stereocenters. The Labute approximate surface area is 146 Å². The maximum atomic E-state index is 9.49. The van der Waals surface area contributed by atoms with Crippen molar-refractivity contribution in [2.45, 2.75) is 45.7 Å². The van der Waals surface area contributed by atoms with Crippen LogP contribution in [-0.4, -0.2) is 60.8 Å². The van der Waals surface area contributed by atoms with Crippen LogP contribution in [-0.2, 0) is 6.54 Å². The summed E-state index contributed by atoms with van der Waals surface area (Å²) in [6.45, 7) is 10.2. The van der Waals surface area contributed by atoms with Crippen molar-refractivity contribution in [3.05, 3.63) is 28.8 Å². The SMILES string of the molecule is COc1ccc(CN2CCN(CC3CC3)C[C@@H]2CCO)c(C)c1C. The fourth-order valence-corrected chi connectivity index (χ4v) is 3.88. The van der Waals surface area contributed by atoms with Crippen LogP contribution in [0.1, 0.15) is 36.0 Å². The van der Waals surface area contributed by atoms with Crippen LogP contribution in [0.4, 0.5) is 0 Å². The topological polar surface area (TPSA) is 35.9 Å². The molecule has 134 valence electrons. The van der Waals surface area contributed by atoms with Gasteiger partial charge in [0.15, 0.2) is 0 Å². The number of rotatable bonds is 7. The molecule has 1 heterocycles. The molecule has 3 rings (SSSR count). The van der Waals surface area contributed by atoms with Gasteiger partial charge in [-0.25, -0.2) is 0 Å². The highest BCUT2D eigenvalue weighted by atomic mass is 16.5. The standard InChI is InChI=1S/C20H32N2O2/c1-15-16(2)20(24-3)7-6-18(15)13-22-10-9-21(12-17-4-5-17)14-19(22)8-11-23/h6-7,17,19,23H,4-5,8-14H2,1-3H3/t19-/m0/s1. The van der Waals surface area contributed by atoms with E-state index in [0.29, 0.717) is 6.04 Å². The molecule has 1 N–H and O–H groups in total. The Balaban J connectivity index is 1.67. The van der Waals surface area contributed by atoms with E-state index in [1.165, 1.54) is 36.1 Å². The lowest BCUT2D eigenvalue weighted by atomic mass is 10.00. The van der Waals surface area contributed by atoms with Gasteiger partial charge in [0.2, 0.25) is 0 Å². The molecule has 1 saturated heterocycles. The third-order valence-electron chi connectivity index (χ3n) is 5.81. The van der Waals surface area contributed by atoms with Gasteiger partial charge in [0, 0.05) is 45.4 Å². The van der Waals surface area contributed by atoms with E-state index in [2.05, 4.69) is 35.8 Å². The largest absolute Gasteiger partial charge is 0.496 e. The van der Waals surface area contributed by atoms with Crippen LogP contribution in [0.15, 0.2) is 12.1 Å². The zero-order valence-electron chi connectivity index (χ0n) is 15.4. The molecule has 24 heavy (non-hydrogen) atoms. The lowest BCUT2D eigenvalue weighted by Gasteiger charge is -2.42. The van der Waals surface area contributed by atoms with Crippen LogP contribution in [0.2, 0.25) is 0 Å². The molecule has 1 aromatic carbocycles. The molecule has 0 amide bonds. The second kappa shape index (κ2) is 7.85. The Bertz CT molecular complexity index is 557. The van der Waals surface area contributed by atoms with Gasteiger partial charge in [0.05, 0.1) is 7.11 Å². The van der Waals surface area contributed by atoms with E-state index in [4.69, 9.17) is 4.74 Å². The minimum Gasteiger partial charge on any atom is -0.496 e. The highest BCUT2D eigenvalue weighted by Gasteiger charge is 2.31. The van der Waals surface area contributed by atoms with Crippen molar-refractivity contribution in [3.8, 4) is 5.75 Å². The predicted octanol–water partition coefficient (Wildman–Crippen LogP) is 2.59. The molecular formula is C20H32N2O2. The summed E-state index contributed by atoms with van der Waals surface area (Å²) in [5, 5.41) is 9.49. The number of piperazine rings is 1. The number of methoxy groups -OCH3 is 1. The van der Waals surface area contributed by atoms with Gasteiger partial charge in [0.1, 0.15) is 5.75 Å². The van der Waals surface area contributed by atoms with E-state index in [1.807, 2.05) is 0 Å². The number of aliphatic hydroxyl groups excluding tert-OH is 1. The van der Waals surface area contributed by atoms with E-state index >= 15 is 0 Å². The molecule has 4 nitrogen and oxygen atoms in total. The molecule has 0 bridgehead atoms. The van der Waals surface area contributed by atoms with E-state index < -0.39 is 0 Å². The van der Waals surface area contributed by atoms with Crippen molar-refractivity contribution in [3.63, 3.8) is 0 Å². The summed E-state index contributed by atoms with van der Waals surface area (Å²) in [5.41, 5.74) is 3.95. The van der Waals surface area contributed by atoms with Crippen molar-refractivity contribution in [1.29, 1.82) is 0 Å². The Hall–Kier alpha value is -1.10. The minimum atomic E-state index is 0.277. The first-order valence-electron chi connectivity index (χ1n) is 9.32. The summed E-state index contributed by atoms with van der Waals surface area (Å²) < 4.78 is 5.43. The Morgan fingerprint density at radius 2 is 1.96 bits per heavy atom. The smallest absolute Gasteiger partial charge is 0.122 e. The van der Waals surface area contributed by atoms with Crippen molar-refractivity contribution in [2.24, 2.45) is 5.92 Å². The molecule has 0 radical (unpaired) electrons. The third kappa shape index (κ3) is 4.11. The Kier molecular flexibility index (Phi) is 5.80. The third-order valence-corrected chi connectivity index (χ3v) is 5.81. The molecule has 1 saturated carbocycles. The Morgan fingerprint density at radius 1 is 1.17 bits per heavy atom. The fraction of sp³-hybridized carbons (Fsp3) is 0.700. The van der Waals surface area contributed by atoms with Gasteiger partial charge >= 0.3 is 0 Å². The summed E-state index contributed by atoms with van der Waals surface area (Å²) >= 11 is 0. The molecular weight excluding hydrogens is 300 g/mol. The number of aliphatic hydroxyl groups is 1. The van der Waals surface area contributed by atoms with Crippen LogP contribution >= 0.6 is 0 Å². The normalized spacial score (nSPS) is 22.8. The minimum absolute atomic E-state index is 0.277. The van der Waals surface area contributed by atoms with Gasteiger partial charge in [0.25, 0.3) is 0 Å². The second-order valence-corrected chi connectivity index (χ2v) is 7.52. The summed E-state index contributed by atoms with van der Waals surface area (Å²) in [4.78, 5) is 5.18. The summed E-state index contributed by atoms with van der Waals surface area (Å²) in [6.07, 6.45) is 3.69. The van der Waals surface area contributed by atoms with E-state index in [9.17, 15) is 5.11 Å². The van der Waals surface area contributed by atoms with Crippen LogP contribution in [0, 0.1) is 19.8 Å². The van der Waals surface area contributed by atoms with Crippen LogP contribution in [0.3, 0.4) is 0 Å². The molecule has 2 aliphatic rings. The number of nitrogens with zero attached hydrogens (tertiary/aromatic N) is 2. The quantitative estimate of drug-likeness (QED) is 0.832. The number of hydrogen-bond donors (Lipinski definition) is 1. The van der Waals surface area contributed by atoms with Gasteiger partial charge in [-0.05, 0) is 61.8 Å². The monoisotopic (exact) mass is 332 g/mol. The number of benzene rings is 1. The maximum Gasteiger partial charge on any atom is 0.122 e. The average molecular weight is 332 g/mol. The average Bonchev–Trinajstić information content (AvgIpc) is 3.38. The summed E-state index contributed by atoms with van der Waals surface area (Å²) in [6, 6.07) is 4.75. The van der Waals surface area contributed by atoms with Gasteiger partial charge < -0.3 is 14.7 Å². The highest BCUT2D eigenvalue weighted by molar-refractivity contribution is 5.43. The molecule has 1 aliphatic carbocycles. The van der Waals surface area contributed by atoms with E-state index in [1.54, 1.807) is 7.11 Å².